The van der Waals surface area contributed by atoms with Crippen molar-refractivity contribution in [2.75, 3.05) is 7.11 Å². The van der Waals surface area contributed by atoms with Crippen molar-refractivity contribution in [1.82, 2.24) is 4.90 Å². The molecule has 14 heteroatoms. The molecule has 0 bridgehead atoms. The molecule has 1 amide bonds. The van der Waals surface area contributed by atoms with Crippen molar-refractivity contribution < 1.29 is 59.3 Å². The Morgan fingerprint density at radius 1 is 0.708 bits per heavy atom. The Kier molecular flexibility index (Phi) is 10.8. The van der Waals surface area contributed by atoms with Crippen molar-refractivity contribution in [1.29, 1.82) is 0 Å². The summed E-state index contributed by atoms with van der Waals surface area (Å²) in [5, 5.41) is 21.8. The van der Waals surface area contributed by atoms with Crippen LogP contribution in [0.15, 0.2) is 54.6 Å². The first-order valence-electron chi connectivity index (χ1n) is 14.7. The molecule has 0 heterocycles. The molecule has 0 fully saturated rings. The minimum atomic E-state index is -5.25. The molecule has 3 aromatic carbocycles. The lowest BCUT2D eigenvalue weighted by atomic mass is 9.77. The SMILES string of the molecule is COc1ccc(C(C)C)cc1-c1ccc(C(F)(F)F)cc1C(N(C(=O)O)[C@@H](C)[C@@H](O)c1cc(C(F)(F)F)cc(C(F)(F)F)c1)C(C)(C)C. The molecule has 0 aromatic heterocycles. The lowest BCUT2D eigenvalue weighted by Gasteiger charge is -2.44. The van der Waals surface area contributed by atoms with Crippen LogP contribution in [0.5, 0.6) is 5.75 Å². The highest BCUT2D eigenvalue weighted by atomic mass is 19.4. The molecule has 264 valence electrons. The lowest BCUT2D eigenvalue weighted by Crippen LogP contribution is -2.48. The summed E-state index contributed by atoms with van der Waals surface area (Å²) in [6, 6.07) is 4.86. The van der Waals surface area contributed by atoms with Crippen LogP contribution < -0.4 is 4.74 Å². The van der Waals surface area contributed by atoms with Gasteiger partial charge in [-0.1, -0.05) is 46.8 Å². The van der Waals surface area contributed by atoms with Gasteiger partial charge < -0.3 is 14.9 Å². The number of rotatable bonds is 8. The van der Waals surface area contributed by atoms with E-state index in [1.54, 1.807) is 18.2 Å². The number of alkyl halides is 9. The molecule has 3 atom stereocenters. The van der Waals surface area contributed by atoms with Crippen LogP contribution in [0.1, 0.15) is 93.0 Å². The van der Waals surface area contributed by atoms with Gasteiger partial charge in [0.25, 0.3) is 0 Å². The molecule has 0 radical (unpaired) electrons. The monoisotopic (exact) mass is 693 g/mol. The van der Waals surface area contributed by atoms with E-state index in [0.717, 1.165) is 30.7 Å². The molecule has 0 aliphatic heterocycles. The van der Waals surface area contributed by atoms with Crippen LogP contribution in [0.4, 0.5) is 44.3 Å². The Morgan fingerprint density at radius 3 is 1.65 bits per heavy atom. The van der Waals surface area contributed by atoms with Crippen molar-refractivity contribution in [2.24, 2.45) is 5.41 Å². The fraction of sp³-hybridized carbons (Fsp3) is 0.441. The summed E-state index contributed by atoms with van der Waals surface area (Å²) in [4.78, 5) is 13.6. The van der Waals surface area contributed by atoms with Crippen molar-refractivity contribution in [3.05, 3.63) is 88.0 Å². The number of halogens is 9. The second kappa shape index (κ2) is 13.5. The van der Waals surface area contributed by atoms with Gasteiger partial charge in [-0.2, -0.15) is 39.5 Å². The van der Waals surface area contributed by atoms with Crippen LogP contribution in [0.3, 0.4) is 0 Å². The van der Waals surface area contributed by atoms with Gasteiger partial charge in [0.1, 0.15) is 5.75 Å². The van der Waals surface area contributed by atoms with Gasteiger partial charge in [0.2, 0.25) is 0 Å². The first kappa shape index (κ1) is 38.5. The van der Waals surface area contributed by atoms with Crippen molar-refractivity contribution in [3.63, 3.8) is 0 Å². The summed E-state index contributed by atoms with van der Waals surface area (Å²) >= 11 is 0. The van der Waals surface area contributed by atoms with E-state index in [1.165, 1.54) is 27.9 Å². The Morgan fingerprint density at radius 2 is 1.23 bits per heavy atom. The van der Waals surface area contributed by atoms with E-state index < -0.39 is 70.5 Å². The van der Waals surface area contributed by atoms with Crippen LogP contribution in [0, 0.1) is 5.41 Å². The topological polar surface area (TPSA) is 70.0 Å². The first-order chi connectivity index (χ1) is 21.8. The number of ether oxygens (including phenoxy) is 1. The van der Waals surface area contributed by atoms with Crippen molar-refractivity contribution >= 4 is 6.09 Å². The van der Waals surface area contributed by atoms with Crippen LogP contribution >= 0.6 is 0 Å². The van der Waals surface area contributed by atoms with Gasteiger partial charge in [0.05, 0.1) is 42.0 Å². The lowest BCUT2D eigenvalue weighted by molar-refractivity contribution is -0.143. The zero-order valence-corrected chi connectivity index (χ0v) is 27.1. The maximum Gasteiger partial charge on any atom is 0.416 e. The summed E-state index contributed by atoms with van der Waals surface area (Å²) in [6.07, 6.45) is -19.5. The fourth-order valence-electron chi connectivity index (χ4n) is 5.64. The molecule has 0 spiro atoms. The van der Waals surface area contributed by atoms with E-state index in [2.05, 4.69) is 0 Å². The van der Waals surface area contributed by atoms with Crippen molar-refractivity contribution in [2.45, 2.75) is 84.2 Å². The van der Waals surface area contributed by atoms with Gasteiger partial charge in [-0.05, 0) is 83.0 Å². The normalized spacial score (nSPS) is 14.9. The molecular formula is C34H36F9NO4. The summed E-state index contributed by atoms with van der Waals surface area (Å²) in [5.74, 6) is 0.206. The highest BCUT2D eigenvalue weighted by Crippen LogP contribution is 2.48. The highest BCUT2D eigenvalue weighted by molar-refractivity contribution is 5.76. The average Bonchev–Trinajstić information content (AvgIpc) is 2.96. The molecule has 2 N–H and O–H groups in total. The molecule has 0 saturated carbocycles. The summed E-state index contributed by atoms with van der Waals surface area (Å²) in [5.41, 5.74) is -5.72. The second-order valence-corrected chi connectivity index (χ2v) is 12.9. The first-order valence-corrected chi connectivity index (χ1v) is 14.7. The Balaban J connectivity index is 2.38. The number of benzene rings is 3. The number of methoxy groups -OCH3 is 1. The van der Waals surface area contributed by atoms with Gasteiger partial charge >= 0.3 is 24.6 Å². The minimum Gasteiger partial charge on any atom is -0.496 e. The van der Waals surface area contributed by atoms with Crippen molar-refractivity contribution in [3.8, 4) is 16.9 Å². The second-order valence-electron chi connectivity index (χ2n) is 12.9. The third-order valence-corrected chi connectivity index (χ3v) is 8.02. The number of hydrogen-bond donors (Lipinski definition) is 2. The Bertz CT molecular complexity index is 1590. The van der Waals surface area contributed by atoms with Crippen LogP contribution in [-0.4, -0.2) is 34.4 Å². The quantitative estimate of drug-likeness (QED) is 0.231. The number of aliphatic hydroxyl groups excluding tert-OH is 1. The van der Waals surface area contributed by atoms with Crippen LogP contribution in [0.2, 0.25) is 0 Å². The van der Waals surface area contributed by atoms with E-state index >= 15 is 0 Å². The fourth-order valence-corrected chi connectivity index (χ4v) is 5.64. The molecule has 48 heavy (non-hydrogen) atoms. The zero-order valence-electron chi connectivity index (χ0n) is 27.1. The summed E-state index contributed by atoms with van der Waals surface area (Å²) in [7, 11) is 1.34. The average molecular weight is 694 g/mol. The van der Waals surface area contributed by atoms with Crippen LogP contribution in [-0.2, 0) is 18.5 Å². The highest BCUT2D eigenvalue weighted by Gasteiger charge is 2.44. The van der Waals surface area contributed by atoms with Gasteiger partial charge in [-0.15, -0.1) is 0 Å². The molecular weight excluding hydrogens is 657 g/mol. The van der Waals surface area contributed by atoms with Gasteiger partial charge in [-0.3, -0.25) is 4.90 Å². The van der Waals surface area contributed by atoms with Crippen LogP contribution in [0.25, 0.3) is 11.1 Å². The Labute approximate surface area is 271 Å². The smallest absolute Gasteiger partial charge is 0.416 e. The molecule has 1 unspecified atom stereocenters. The zero-order chi connectivity index (χ0) is 36.7. The molecule has 0 aliphatic rings. The predicted molar refractivity (Wildman–Crippen MR) is 160 cm³/mol. The Hall–Kier alpha value is -3.94. The van der Waals surface area contributed by atoms with Gasteiger partial charge in [0, 0.05) is 5.56 Å². The maximum absolute atomic E-state index is 14.1. The number of nitrogens with zero attached hydrogens (tertiary/aromatic N) is 1. The molecule has 0 aliphatic carbocycles. The number of carboxylic acid groups (broad SMARTS) is 1. The summed E-state index contributed by atoms with van der Waals surface area (Å²) < 4.78 is 130. The third kappa shape index (κ3) is 8.37. The number of hydrogen-bond acceptors (Lipinski definition) is 3. The van der Waals surface area contributed by atoms with E-state index in [1.807, 2.05) is 13.8 Å². The largest absolute Gasteiger partial charge is 0.496 e. The number of carbonyl (C=O) groups is 1. The van der Waals surface area contributed by atoms with Gasteiger partial charge in [0.15, 0.2) is 0 Å². The van der Waals surface area contributed by atoms with Gasteiger partial charge in [-0.25, -0.2) is 4.79 Å². The predicted octanol–water partition coefficient (Wildman–Crippen LogP) is 10.7. The molecule has 0 saturated heterocycles. The van der Waals surface area contributed by atoms with E-state index in [0.29, 0.717) is 10.5 Å². The third-order valence-electron chi connectivity index (χ3n) is 8.02. The molecule has 3 rings (SSSR count). The van der Waals surface area contributed by atoms with E-state index in [-0.39, 0.29) is 41.0 Å². The number of aliphatic hydroxyl groups is 1. The standard InChI is InChI=1S/C34H36F9NO4/c1-17(2)19-8-11-27(48-7)25(14-19)24-10-9-21(32(35,36)37)16-26(24)29(31(4,5)6)44(30(46)47)18(3)28(45)20-12-22(33(38,39)40)15-23(13-20)34(41,42)43/h8-18,28-29,45H,1-7H3,(H,46,47)/t18-,28+,29?/m0/s1. The van der Waals surface area contributed by atoms with E-state index in [4.69, 9.17) is 4.74 Å². The molecule has 5 nitrogen and oxygen atoms in total. The number of amides is 1. The molecule has 3 aromatic rings. The maximum atomic E-state index is 14.1. The minimum absolute atomic E-state index is 0.0364. The van der Waals surface area contributed by atoms with E-state index in [9.17, 15) is 54.5 Å². The summed E-state index contributed by atoms with van der Waals surface area (Å²) in [6.45, 7) is 9.33.